The van der Waals surface area contributed by atoms with Crippen molar-refractivity contribution in [2.24, 2.45) is 0 Å². The second-order valence-electron chi connectivity index (χ2n) is 3.81. The number of carbonyl (C=O) groups excluding carboxylic acids is 1. The molecule has 2 amide bonds. The van der Waals surface area contributed by atoms with Gasteiger partial charge in [0.05, 0.1) is 6.61 Å². The summed E-state index contributed by atoms with van der Waals surface area (Å²) in [7, 11) is 3.35. The van der Waals surface area contributed by atoms with Gasteiger partial charge in [0.25, 0.3) is 0 Å². The Balaban J connectivity index is 2.58. The zero-order chi connectivity index (χ0) is 12.8. The monoisotopic (exact) mass is 300 g/mol. The highest BCUT2D eigenvalue weighted by Crippen LogP contribution is 2.20. The Bertz CT molecular complexity index is 396. The normalized spacial score (nSPS) is 10.1. The number of likely N-dealkylation sites (N-methyl/N-ethyl adjacent to an activating group) is 1. The second-order valence-corrected chi connectivity index (χ2v) is 4.66. The molecule has 0 aromatic heterocycles. The van der Waals surface area contributed by atoms with Gasteiger partial charge < -0.3 is 15.0 Å². The first kappa shape index (κ1) is 14.0. The largest absolute Gasteiger partial charge is 0.383 e. The minimum atomic E-state index is -0.135. The fourth-order valence-corrected chi connectivity index (χ4v) is 1.52. The molecule has 1 rings (SSSR count). The van der Waals surface area contributed by atoms with Crippen LogP contribution >= 0.6 is 15.9 Å². The van der Waals surface area contributed by atoms with Crippen LogP contribution < -0.4 is 5.32 Å². The highest BCUT2D eigenvalue weighted by Gasteiger charge is 2.08. The van der Waals surface area contributed by atoms with Crippen molar-refractivity contribution < 1.29 is 9.53 Å². The molecule has 94 valence electrons. The van der Waals surface area contributed by atoms with E-state index in [2.05, 4.69) is 21.2 Å². The number of anilines is 1. The number of amides is 2. The molecule has 0 saturated heterocycles. The van der Waals surface area contributed by atoms with E-state index in [0.717, 1.165) is 15.7 Å². The third-order valence-corrected chi connectivity index (χ3v) is 3.28. The van der Waals surface area contributed by atoms with Gasteiger partial charge in [-0.1, -0.05) is 15.9 Å². The molecule has 0 aliphatic rings. The van der Waals surface area contributed by atoms with Gasteiger partial charge in [-0.2, -0.15) is 0 Å². The lowest BCUT2D eigenvalue weighted by atomic mass is 10.2. The van der Waals surface area contributed by atoms with Crippen LogP contribution in [0.15, 0.2) is 22.7 Å². The number of benzene rings is 1. The molecule has 0 radical (unpaired) electrons. The van der Waals surface area contributed by atoms with Gasteiger partial charge in [0.1, 0.15) is 0 Å². The quantitative estimate of drug-likeness (QED) is 0.929. The average Bonchev–Trinajstić information content (AvgIpc) is 2.30. The van der Waals surface area contributed by atoms with Crippen molar-refractivity contribution in [1.29, 1.82) is 0 Å². The van der Waals surface area contributed by atoms with E-state index in [1.807, 2.05) is 25.1 Å². The molecule has 17 heavy (non-hydrogen) atoms. The molecule has 0 saturated carbocycles. The van der Waals surface area contributed by atoms with Crippen LogP contribution in [0.5, 0.6) is 0 Å². The molecule has 1 aromatic carbocycles. The van der Waals surface area contributed by atoms with Crippen LogP contribution in [0.2, 0.25) is 0 Å². The fourth-order valence-electron chi connectivity index (χ4n) is 1.27. The molecule has 4 nitrogen and oxygen atoms in total. The first-order chi connectivity index (χ1) is 8.04. The number of methoxy groups -OCH3 is 1. The highest BCUT2D eigenvalue weighted by atomic mass is 79.9. The summed E-state index contributed by atoms with van der Waals surface area (Å²) >= 11 is 3.42. The molecule has 0 fully saturated rings. The molecular weight excluding hydrogens is 284 g/mol. The zero-order valence-electron chi connectivity index (χ0n) is 10.3. The van der Waals surface area contributed by atoms with E-state index in [1.165, 1.54) is 0 Å². The van der Waals surface area contributed by atoms with Crippen molar-refractivity contribution in [1.82, 2.24) is 4.90 Å². The Labute approximate surface area is 110 Å². The SMILES string of the molecule is COCCN(C)C(=O)Nc1ccc(Br)c(C)c1. The number of carbonyl (C=O) groups is 1. The standard InChI is InChI=1S/C12H17BrN2O2/c1-9-8-10(4-5-11(9)13)14-12(16)15(2)6-7-17-3/h4-5,8H,6-7H2,1-3H3,(H,14,16). The van der Waals surface area contributed by atoms with E-state index in [4.69, 9.17) is 4.74 Å². The molecular formula is C12H17BrN2O2. The predicted molar refractivity (Wildman–Crippen MR) is 72.4 cm³/mol. The van der Waals surface area contributed by atoms with Crippen LogP contribution in [0.3, 0.4) is 0 Å². The number of aryl methyl sites for hydroxylation is 1. The zero-order valence-corrected chi connectivity index (χ0v) is 11.9. The Morgan fingerprint density at radius 2 is 2.24 bits per heavy atom. The van der Waals surface area contributed by atoms with Crippen molar-refractivity contribution in [3.05, 3.63) is 28.2 Å². The van der Waals surface area contributed by atoms with E-state index in [9.17, 15) is 4.79 Å². The minimum absolute atomic E-state index is 0.135. The summed E-state index contributed by atoms with van der Waals surface area (Å²) in [5, 5.41) is 2.83. The Morgan fingerprint density at radius 3 is 2.82 bits per heavy atom. The Hall–Kier alpha value is -1.07. The Morgan fingerprint density at radius 1 is 1.53 bits per heavy atom. The van der Waals surface area contributed by atoms with Gasteiger partial charge >= 0.3 is 6.03 Å². The second kappa shape index (κ2) is 6.61. The summed E-state index contributed by atoms with van der Waals surface area (Å²) in [6.45, 7) is 3.08. The molecule has 0 aliphatic carbocycles. The molecule has 0 bridgehead atoms. The summed E-state index contributed by atoms with van der Waals surface area (Å²) < 4.78 is 5.95. The molecule has 0 unspecified atom stereocenters. The number of hydrogen-bond acceptors (Lipinski definition) is 2. The first-order valence-electron chi connectivity index (χ1n) is 5.32. The maximum atomic E-state index is 11.8. The Kier molecular flexibility index (Phi) is 5.44. The van der Waals surface area contributed by atoms with Crippen molar-refractivity contribution >= 4 is 27.6 Å². The highest BCUT2D eigenvalue weighted by molar-refractivity contribution is 9.10. The van der Waals surface area contributed by atoms with E-state index < -0.39 is 0 Å². The third-order valence-electron chi connectivity index (χ3n) is 2.39. The lowest BCUT2D eigenvalue weighted by Gasteiger charge is -2.17. The maximum Gasteiger partial charge on any atom is 0.321 e. The number of hydrogen-bond donors (Lipinski definition) is 1. The van der Waals surface area contributed by atoms with E-state index in [1.54, 1.807) is 19.1 Å². The minimum Gasteiger partial charge on any atom is -0.383 e. The number of nitrogens with one attached hydrogen (secondary N) is 1. The maximum absolute atomic E-state index is 11.8. The van der Waals surface area contributed by atoms with Gasteiger partial charge in [-0.25, -0.2) is 4.79 Å². The van der Waals surface area contributed by atoms with Crippen LogP contribution in [0, 0.1) is 6.92 Å². The third kappa shape index (κ3) is 4.36. The molecule has 1 N–H and O–H groups in total. The summed E-state index contributed by atoms with van der Waals surface area (Å²) in [6, 6.07) is 5.56. The van der Waals surface area contributed by atoms with Gasteiger partial charge in [0, 0.05) is 30.9 Å². The van der Waals surface area contributed by atoms with Crippen LogP contribution in [0.25, 0.3) is 0 Å². The molecule has 5 heteroatoms. The number of urea groups is 1. The molecule has 0 aliphatic heterocycles. The summed E-state index contributed by atoms with van der Waals surface area (Å²) in [5.41, 5.74) is 1.88. The van der Waals surface area contributed by atoms with Crippen LogP contribution in [-0.2, 0) is 4.74 Å². The molecule has 0 atom stereocenters. The van der Waals surface area contributed by atoms with E-state index in [-0.39, 0.29) is 6.03 Å². The number of halogens is 1. The average molecular weight is 301 g/mol. The smallest absolute Gasteiger partial charge is 0.321 e. The van der Waals surface area contributed by atoms with Crippen LogP contribution in [0.1, 0.15) is 5.56 Å². The molecule has 1 aromatic rings. The number of ether oxygens (including phenoxy) is 1. The van der Waals surface area contributed by atoms with Gasteiger partial charge in [-0.15, -0.1) is 0 Å². The van der Waals surface area contributed by atoms with Crippen molar-refractivity contribution in [2.75, 3.05) is 32.6 Å². The number of nitrogens with zero attached hydrogens (tertiary/aromatic N) is 1. The van der Waals surface area contributed by atoms with Crippen LogP contribution in [-0.4, -0.2) is 38.2 Å². The lowest BCUT2D eigenvalue weighted by molar-refractivity contribution is 0.165. The van der Waals surface area contributed by atoms with Gasteiger partial charge in [-0.05, 0) is 30.7 Å². The van der Waals surface area contributed by atoms with Gasteiger partial charge in [0.2, 0.25) is 0 Å². The summed E-state index contributed by atoms with van der Waals surface area (Å²) in [6.07, 6.45) is 0. The molecule has 0 spiro atoms. The summed E-state index contributed by atoms with van der Waals surface area (Å²) in [5.74, 6) is 0. The van der Waals surface area contributed by atoms with Crippen molar-refractivity contribution in [2.45, 2.75) is 6.92 Å². The van der Waals surface area contributed by atoms with E-state index >= 15 is 0 Å². The topological polar surface area (TPSA) is 41.6 Å². The fraction of sp³-hybridized carbons (Fsp3) is 0.417. The van der Waals surface area contributed by atoms with Gasteiger partial charge in [-0.3, -0.25) is 0 Å². The first-order valence-corrected chi connectivity index (χ1v) is 6.11. The van der Waals surface area contributed by atoms with Crippen molar-refractivity contribution in [3.8, 4) is 0 Å². The summed E-state index contributed by atoms with van der Waals surface area (Å²) in [4.78, 5) is 13.3. The van der Waals surface area contributed by atoms with Gasteiger partial charge in [0.15, 0.2) is 0 Å². The lowest BCUT2D eigenvalue weighted by Crippen LogP contribution is -2.33. The number of rotatable bonds is 4. The van der Waals surface area contributed by atoms with E-state index in [0.29, 0.717) is 13.2 Å². The molecule has 0 heterocycles. The van der Waals surface area contributed by atoms with Crippen LogP contribution in [0.4, 0.5) is 10.5 Å². The predicted octanol–water partition coefficient (Wildman–Crippen LogP) is 2.87. The van der Waals surface area contributed by atoms with Crippen molar-refractivity contribution in [3.63, 3.8) is 0 Å².